The van der Waals surface area contributed by atoms with Gasteiger partial charge in [0.05, 0.1) is 10.7 Å². The molecule has 5 aromatic rings. The van der Waals surface area contributed by atoms with Gasteiger partial charge in [0, 0.05) is 30.2 Å². The second kappa shape index (κ2) is 9.01. The van der Waals surface area contributed by atoms with Crippen LogP contribution in [0.1, 0.15) is 23.5 Å². The number of allylic oxidation sites excluding steroid dienone is 1. The molecule has 1 atom stereocenters. The molecule has 1 unspecified atom stereocenters. The molecule has 2 aliphatic rings. The third-order valence-electron chi connectivity index (χ3n) is 6.90. The van der Waals surface area contributed by atoms with E-state index in [-0.39, 0.29) is 11.6 Å². The number of imidazole rings is 1. The SMILES string of the molecule is Nc1ncccc1-c1nc2ccc(-n3cccn3)nc2n1-c1ccc2c(c1)CCC2/C=[N+]1\C=C(C(F)F)N=N1. The monoisotopic (exact) mass is 523 g/mol. The van der Waals surface area contributed by atoms with Crippen molar-refractivity contribution in [2.24, 2.45) is 10.3 Å². The number of nitrogen functional groups attached to an aromatic ring is 1. The van der Waals surface area contributed by atoms with Crippen molar-refractivity contribution in [1.82, 2.24) is 29.3 Å². The van der Waals surface area contributed by atoms with Gasteiger partial charge in [0.2, 0.25) is 0 Å². The number of hydrogen-bond donors (Lipinski definition) is 1. The fourth-order valence-electron chi connectivity index (χ4n) is 5.09. The Balaban J connectivity index is 1.35. The van der Waals surface area contributed by atoms with Gasteiger partial charge < -0.3 is 5.73 Å². The minimum Gasteiger partial charge on any atom is -0.383 e. The van der Waals surface area contributed by atoms with E-state index in [1.807, 2.05) is 53.4 Å². The number of fused-ring (bicyclic) bond motifs is 2. The Bertz CT molecular complexity index is 1820. The lowest BCUT2D eigenvalue weighted by Gasteiger charge is -2.13. The Labute approximate surface area is 220 Å². The minimum atomic E-state index is -2.65. The molecule has 0 spiro atoms. The lowest BCUT2D eigenvalue weighted by Crippen LogP contribution is -2.06. The maximum atomic E-state index is 12.9. The molecule has 10 nitrogen and oxygen atoms in total. The normalized spacial score (nSPS) is 17.5. The average Bonchev–Trinajstić information content (AvgIpc) is 3.75. The van der Waals surface area contributed by atoms with Crippen LogP contribution in [0, 0.1) is 0 Å². The zero-order valence-corrected chi connectivity index (χ0v) is 20.4. The lowest BCUT2D eigenvalue weighted by molar-refractivity contribution is -0.461. The molecule has 2 N–H and O–H groups in total. The summed E-state index contributed by atoms with van der Waals surface area (Å²) in [7, 11) is 0. The van der Waals surface area contributed by atoms with Gasteiger partial charge in [-0.15, -0.1) is 4.68 Å². The minimum absolute atomic E-state index is 0.0267. The van der Waals surface area contributed by atoms with Gasteiger partial charge in [-0.1, -0.05) is 6.07 Å². The summed E-state index contributed by atoms with van der Waals surface area (Å²) in [4.78, 5) is 14.1. The van der Waals surface area contributed by atoms with E-state index in [0.29, 0.717) is 34.2 Å². The summed E-state index contributed by atoms with van der Waals surface area (Å²) in [6, 6.07) is 15.5. The molecule has 0 saturated carbocycles. The molecule has 39 heavy (non-hydrogen) atoms. The van der Waals surface area contributed by atoms with Gasteiger partial charge in [-0.2, -0.15) is 5.10 Å². The van der Waals surface area contributed by atoms with Crippen molar-refractivity contribution in [2.75, 3.05) is 5.73 Å². The number of hydrogen-bond acceptors (Lipinski definition) is 7. The van der Waals surface area contributed by atoms with Crippen LogP contribution in [0.2, 0.25) is 0 Å². The number of anilines is 1. The quantitative estimate of drug-likeness (QED) is 0.331. The highest BCUT2D eigenvalue weighted by Gasteiger charge is 2.29. The van der Waals surface area contributed by atoms with Crippen LogP contribution < -0.4 is 5.73 Å². The Morgan fingerprint density at radius 1 is 1.08 bits per heavy atom. The molecule has 0 fully saturated rings. The van der Waals surface area contributed by atoms with E-state index in [0.717, 1.165) is 29.7 Å². The molecular formula is C27H21F2N10+. The van der Waals surface area contributed by atoms with E-state index in [2.05, 4.69) is 32.6 Å². The maximum absolute atomic E-state index is 12.9. The van der Waals surface area contributed by atoms with E-state index in [1.54, 1.807) is 17.1 Å². The average molecular weight is 524 g/mol. The second-order valence-corrected chi connectivity index (χ2v) is 9.27. The largest absolute Gasteiger partial charge is 0.383 e. The van der Waals surface area contributed by atoms with Gasteiger partial charge in [-0.05, 0) is 66.4 Å². The highest BCUT2D eigenvalue weighted by atomic mass is 19.3. The Hall–Kier alpha value is -5.13. The van der Waals surface area contributed by atoms with Crippen LogP contribution in [0.5, 0.6) is 0 Å². The second-order valence-electron chi connectivity index (χ2n) is 9.27. The number of benzene rings is 1. The first-order valence-electron chi connectivity index (χ1n) is 12.3. The molecule has 4 aromatic heterocycles. The number of aromatic nitrogens is 6. The van der Waals surface area contributed by atoms with Crippen LogP contribution in [0.3, 0.4) is 0 Å². The standard InChI is InChI=1S/C27H21F2N10/c28-24(29)22-15-37(36-35-22)14-17-5-4-16-13-18(6-7-19(16)17)39-26(20-3-1-10-31-25(20)30)33-21-8-9-23(34-27(21)39)38-12-2-11-32-38/h1-3,6-15,17,24H,4-5H2,(H2,30,31)/q+1/b37-14+. The Kier molecular flexibility index (Phi) is 5.32. The zero-order chi connectivity index (χ0) is 26.5. The number of nitrogens with zero attached hydrogens (tertiary/aromatic N) is 9. The molecular weight excluding hydrogens is 502 g/mol. The van der Waals surface area contributed by atoms with Crippen molar-refractivity contribution in [3.63, 3.8) is 0 Å². The number of alkyl halides is 2. The van der Waals surface area contributed by atoms with E-state index in [4.69, 9.17) is 15.7 Å². The van der Waals surface area contributed by atoms with Crippen LogP contribution in [0.4, 0.5) is 14.6 Å². The summed E-state index contributed by atoms with van der Waals surface area (Å²) in [5.74, 6) is 1.68. The van der Waals surface area contributed by atoms with E-state index >= 15 is 0 Å². The molecule has 1 aromatic carbocycles. The number of halogens is 2. The summed E-state index contributed by atoms with van der Waals surface area (Å²) in [6.07, 6.45) is 7.28. The summed E-state index contributed by atoms with van der Waals surface area (Å²) in [6.45, 7) is 0. The van der Waals surface area contributed by atoms with E-state index < -0.39 is 6.43 Å². The van der Waals surface area contributed by atoms with E-state index in [9.17, 15) is 8.78 Å². The first-order valence-corrected chi connectivity index (χ1v) is 12.3. The molecule has 0 amide bonds. The fourth-order valence-corrected chi connectivity index (χ4v) is 5.09. The summed E-state index contributed by atoms with van der Waals surface area (Å²) in [5.41, 5.74) is 11.1. The lowest BCUT2D eigenvalue weighted by atomic mass is 10.0. The van der Waals surface area contributed by atoms with Crippen LogP contribution in [0.15, 0.2) is 89.4 Å². The first kappa shape index (κ1) is 23.0. The predicted molar refractivity (Wildman–Crippen MR) is 140 cm³/mol. The molecule has 1 aliphatic heterocycles. The van der Waals surface area contributed by atoms with Gasteiger partial charge in [0.1, 0.15) is 22.8 Å². The van der Waals surface area contributed by atoms with Crippen LogP contribution in [-0.4, -0.2) is 46.6 Å². The highest BCUT2D eigenvalue weighted by molar-refractivity contribution is 5.83. The Morgan fingerprint density at radius 3 is 2.79 bits per heavy atom. The molecule has 192 valence electrons. The van der Waals surface area contributed by atoms with Crippen LogP contribution >= 0.6 is 0 Å². The van der Waals surface area contributed by atoms with Gasteiger partial charge in [-0.3, -0.25) is 4.57 Å². The van der Waals surface area contributed by atoms with Gasteiger partial charge in [-0.25, -0.2) is 28.4 Å². The van der Waals surface area contributed by atoms with Crippen LogP contribution in [-0.2, 0) is 6.42 Å². The highest BCUT2D eigenvalue weighted by Crippen LogP contribution is 2.36. The van der Waals surface area contributed by atoms with Gasteiger partial charge in [0.25, 0.3) is 5.70 Å². The van der Waals surface area contributed by atoms with Crippen molar-refractivity contribution in [3.8, 4) is 22.9 Å². The van der Waals surface area contributed by atoms with E-state index in [1.165, 1.54) is 10.9 Å². The maximum Gasteiger partial charge on any atom is 0.309 e. The van der Waals surface area contributed by atoms with Crippen molar-refractivity contribution in [1.29, 1.82) is 0 Å². The topological polar surface area (TPSA) is 115 Å². The zero-order valence-electron chi connectivity index (χ0n) is 20.4. The molecule has 0 radical (unpaired) electrons. The van der Waals surface area contributed by atoms with Crippen molar-refractivity contribution >= 4 is 23.2 Å². The Morgan fingerprint density at radius 2 is 2.00 bits per heavy atom. The van der Waals surface area contributed by atoms with Crippen molar-refractivity contribution in [2.45, 2.75) is 25.2 Å². The summed E-state index contributed by atoms with van der Waals surface area (Å²) >= 11 is 0. The smallest absolute Gasteiger partial charge is 0.309 e. The van der Waals surface area contributed by atoms with Gasteiger partial charge in [0.15, 0.2) is 23.5 Å². The fraction of sp³-hybridized carbons (Fsp3) is 0.148. The van der Waals surface area contributed by atoms with Crippen molar-refractivity contribution < 1.29 is 13.5 Å². The molecule has 1 aliphatic carbocycles. The van der Waals surface area contributed by atoms with Crippen LogP contribution in [0.25, 0.3) is 34.1 Å². The molecule has 12 heteroatoms. The molecule has 5 heterocycles. The summed E-state index contributed by atoms with van der Waals surface area (Å²) < 4.78 is 31.0. The number of aryl methyl sites for hydroxylation is 1. The molecule has 0 bridgehead atoms. The first-order chi connectivity index (χ1) is 19.0. The number of pyridine rings is 2. The predicted octanol–water partition coefficient (Wildman–Crippen LogP) is 4.85. The third-order valence-corrected chi connectivity index (χ3v) is 6.90. The molecule has 0 saturated heterocycles. The summed E-state index contributed by atoms with van der Waals surface area (Å²) in [5, 5.41) is 11.7. The van der Waals surface area contributed by atoms with Gasteiger partial charge >= 0.3 is 6.43 Å². The van der Waals surface area contributed by atoms with Crippen molar-refractivity contribution in [3.05, 3.63) is 90.1 Å². The number of nitrogens with two attached hydrogens (primary N) is 1. The third kappa shape index (κ3) is 3.97. The number of rotatable bonds is 5. The molecule has 7 rings (SSSR count).